The van der Waals surface area contributed by atoms with E-state index in [0.717, 1.165) is 6.32 Å². The van der Waals surface area contributed by atoms with Gasteiger partial charge in [0, 0.05) is 0 Å². The summed E-state index contributed by atoms with van der Waals surface area (Å²) in [6.45, 7) is 2.26. The lowest BCUT2D eigenvalue weighted by Gasteiger charge is -2.37. The first-order chi connectivity index (χ1) is 3.27. The maximum atomic E-state index is 5.47. The van der Waals surface area contributed by atoms with Crippen molar-refractivity contribution < 1.29 is 0 Å². The standard InChI is InChI=1S/C6H11B/c1-6(5-7)3-2-4-6/h2-5H2,1H3. The molecular weight excluding hydrogens is 82.9 g/mol. The Morgan fingerprint density at radius 3 is 2.14 bits per heavy atom. The molecule has 0 aromatic carbocycles. The number of hydrogen-bond donors (Lipinski definition) is 0. The summed E-state index contributed by atoms with van der Waals surface area (Å²) in [6, 6.07) is 0. The highest BCUT2D eigenvalue weighted by Crippen LogP contribution is 2.42. The second-order valence-electron chi connectivity index (χ2n) is 2.87. The van der Waals surface area contributed by atoms with E-state index in [2.05, 4.69) is 6.92 Å². The molecule has 0 amide bonds. The Labute approximate surface area is 46.7 Å². The smallest absolute Gasteiger partial charge is 0.0660 e. The average molecular weight is 94.0 g/mol. The van der Waals surface area contributed by atoms with E-state index in [-0.39, 0.29) is 0 Å². The molecule has 1 saturated carbocycles. The molecule has 0 saturated heterocycles. The van der Waals surface area contributed by atoms with Crippen LogP contribution in [0.5, 0.6) is 0 Å². The Kier molecular flexibility index (Phi) is 1.14. The third-order valence-corrected chi connectivity index (χ3v) is 2.05. The van der Waals surface area contributed by atoms with Gasteiger partial charge < -0.3 is 0 Å². The maximum absolute atomic E-state index is 5.47. The molecule has 1 aliphatic carbocycles. The first-order valence-corrected chi connectivity index (χ1v) is 2.97. The molecule has 0 aromatic rings. The molecule has 0 unspecified atom stereocenters. The minimum Gasteiger partial charge on any atom is -0.0834 e. The van der Waals surface area contributed by atoms with Crippen LogP contribution in [-0.4, -0.2) is 7.85 Å². The van der Waals surface area contributed by atoms with Gasteiger partial charge in [-0.25, -0.2) is 0 Å². The highest BCUT2D eigenvalue weighted by atomic mass is 14.3. The quantitative estimate of drug-likeness (QED) is 0.434. The first-order valence-electron chi connectivity index (χ1n) is 2.97. The molecule has 0 aromatic heterocycles. The van der Waals surface area contributed by atoms with Crippen LogP contribution in [0.2, 0.25) is 6.32 Å². The van der Waals surface area contributed by atoms with Crippen LogP contribution in [0.15, 0.2) is 0 Å². The molecule has 1 rings (SSSR count). The van der Waals surface area contributed by atoms with Crippen LogP contribution < -0.4 is 0 Å². The van der Waals surface area contributed by atoms with E-state index in [4.69, 9.17) is 7.85 Å². The molecule has 1 aliphatic rings. The molecule has 1 heteroatoms. The number of hydrogen-bond acceptors (Lipinski definition) is 0. The predicted octanol–water partition coefficient (Wildman–Crippen LogP) is 1.76. The van der Waals surface area contributed by atoms with Crippen molar-refractivity contribution in [1.29, 1.82) is 0 Å². The summed E-state index contributed by atoms with van der Waals surface area (Å²) in [5.74, 6) is 0. The van der Waals surface area contributed by atoms with Crippen LogP contribution in [0.3, 0.4) is 0 Å². The molecule has 0 bridgehead atoms. The summed E-state index contributed by atoms with van der Waals surface area (Å²) < 4.78 is 0. The average Bonchev–Trinajstić information content (AvgIpc) is 1.61. The Bertz CT molecular complexity index is 59.1. The Morgan fingerprint density at radius 1 is 1.57 bits per heavy atom. The summed E-state index contributed by atoms with van der Waals surface area (Å²) in [7, 11) is 5.47. The van der Waals surface area contributed by atoms with Crippen LogP contribution in [0.4, 0.5) is 0 Å². The molecule has 7 heavy (non-hydrogen) atoms. The molecule has 0 nitrogen and oxygen atoms in total. The van der Waals surface area contributed by atoms with Crippen LogP contribution >= 0.6 is 0 Å². The van der Waals surface area contributed by atoms with Gasteiger partial charge in [0.1, 0.15) is 0 Å². The topological polar surface area (TPSA) is 0 Å². The predicted molar refractivity (Wildman–Crippen MR) is 32.5 cm³/mol. The highest BCUT2D eigenvalue weighted by molar-refractivity contribution is 6.09. The van der Waals surface area contributed by atoms with Crippen LogP contribution in [0.1, 0.15) is 26.2 Å². The van der Waals surface area contributed by atoms with Crippen LogP contribution in [0.25, 0.3) is 0 Å². The molecule has 2 radical (unpaired) electrons. The van der Waals surface area contributed by atoms with E-state index in [1.165, 1.54) is 19.3 Å². The summed E-state index contributed by atoms with van der Waals surface area (Å²) in [4.78, 5) is 0. The summed E-state index contributed by atoms with van der Waals surface area (Å²) >= 11 is 0. The second-order valence-corrected chi connectivity index (χ2v) is 2.87. The van der Waals surface area contributed by atoms with Gasteiger partial charge in [-0.2, -0.15) is 0 Å². The van der Waals surface area contributed by atoms with E-state index in [9.17, 15) is 0 Å². The van der Waals surface area contributed by atoms with Gasteiger partial charge in [-0.05, 0) is 18.3 Å². The lowest BCUT2D eigenvalue weighted by molar-refractivity contribution is 0.191. The number of rotatable bonds is 1. The van der Waals surface area contributed by atoms with Gasteiger partial charge in [-0.15, -0.1) is 0 Å². The normalized spacial score (nSPS) is 26.4. The minimum atomic E-state index is 0.542. The van der Waals surface area contributed by atoms with Gasteiger partial charge in [-0.3, -0.25) is 0 Å². The molecule has 0 atom stereocenters. The van der Waals surface area contributed by atoms with Crippen molar-refractivity contribution in [1.82, 2.24) is 0 Å². The fraction of sp³-hybridized carbons (Fsp3) is 1.00. The Hall–Kier alpha value is 0.0649. The molecule has 0 aliphatic heterocycles. The molecule has 0 spiro atoms. The highest BCUT2D eigenvalue weighted by Gasteiger charge is 2.28. The SMILES string of the molecule is [B]CC1(C)CCC1. The van der Waals surface area contributed by atoms with Crippen LogP contribution in [-0.2, 0) is 0 Å². The monoisotopic (exact) mass is 94.1 g/mol. The summed E-state index contributed by atoms with van der Waals surface area (Å²) in [6.07, 6.45) is 4.98. The molecule has 0 N–H and O–H groups in total. The molecule has 0 heterocycles. The maximum Gasteiger partial charge on any atom is 0.0660 e. The van der Waals surface area contributed by atoms with E-state index in [1.54, 1.807) is 0 Å². The van der Waals surface area contributed by atoms with Gasteiger partial charge >= 0.3 is 0 Å². The first kappa shape index (κ1) is 5.21. The summed E-state index contributed by atoms with van der Waals surface area (Å²) in [5.41, 5.74) is 0.542. The molecule has 38 valence electrons. The Morgan fingerprint density at radius 2 is 2.14 bits per heavy atom. The molecular formula is C6H11B. The fourth-order valence-corrected chi connectivity index (χ4v) is 0.984. The van der Waals surface area contributed by atoms with Gasteiger partial charge in [0.15, 0.2) is 0 Å². The Balaban J connectivity index is 2.29. The van der Waals surface area contributed by atoms with E-state index in [1.807, 2.05) is 0 Å². The van der Waals surface area contributed by atoms with E-state index in [0.29, 0.717) is 5.41 Å². The lowest BCUT2D eigenvalue weighted by Crippen LogP contribution is -2.24. The minimum absolute atomic E-state index is 0.542. The van der Waals surface area contributed by atoms with Crippen molar-refractivity contribution in [2.45, 2.75) is 32.5 Å². The molecule has 1 fully saturated rings. The van der Waals surface area contributed by atoms with Gasteiger partial charge in [0.25, 0.3) is 0 Å². The van der Waals surface area contributed by atoms with Gasteiger partial charge in [-0.1, -0.05) is 19.7 Å². The summed E-state index contributed by atoms with van der Waals surface area (Å²) in [5, 5.41) is 0. The third kappa shape index (κ3) is 0.819. The van der Waals surface area contributed by atoms with Gasteiger partial charge in [0.2, 0.25) is 0 Å². The van der Waals surface area contributed by atoms with Crippen molar-refractivity contribution in [2.75, 3.05) is 0 Å². The van der Waals surface area contributed by atoms with E-state index < -0.39 is 0 Å². The van der Waals surface area contributed by atoms with Crippen molar-refractivity contribution in [3.63, 3.8) is 0 Å². The van der Waals surface area contributed by atoms with E-state index >= 15 is 0 Å². The van der Waals surface area contributed by atoms with Crippen molar-refractivity contribution in [2.24, 2.45) is 5.41 Å². The van der Waals surface area contributed by atoms with Crippen molar-refractivity contribution in [3.05, 3.63) is 0 Å². The van der Waals surface area contributed by atoms with Crippen molar-refractivity contribution in [3.8, 4) is 0 Å². The second kappa shape index (κ2) is 1.54. The zero-order valence-corrected chi connectivity index (χ0v) is 4.91. The zero-order chi connectivity index (χ0) is 5.33. The zero-order valence-electron chi connectivity index (χ0n) is 4.91. The third-order valence-electron chi connectivity index (χ3n) is 2.05. The van der Waals surface area contributed by atoms with Crippen molar-refractivity contribution >= 4 is 7.85 Å². The largest absolute Gasteiger partial charge is 0.0834 e. The lowest BCUT2D eigenvalue weighted by atomic mass is 9.64. The van der Waals surface area contributed by atoms with Gasteiger partial charge in [0.05, 0.1) is 7.85 Å². The van der Waals surface area contributed by atoms with Crippen LogP contribution in [0, 0.1) is 5.41 Å². The fourth-order valence-electron chi connectivity index (χ4n) is 0.984.